The molecule has 7 heteroatoms. The molecule has 136 valence electrons. The Labute approximate surface area is 150 Å². The van der Waals surface area contributed by atoms with E-state index in [1.807, 2.05) is 0 Å². The predicted molar refractivity (Wildman–Crippen MR) is 94.6 cm³/mol. The van der Waals surface area contributed by atoms with Gasteiger partial charge in [0.05, 0.1) is 7.11 Å². The standard InChI is InChI=1S/C19H19NO6/c1-26-19(25)15(10-12-2-6-14(21)7-3-12)20-18(24)9-5-13-4-8-16(22)17(23)11-13/h2-9,11,15,21-23H,10H2,1H3,(H,20,24)/b9-5+/t15-/m1/s1. The van der Waals surface area contributed by atoms with E-state index in [1.165, 1.54) is 49.6 Å². The van der Waals surface area contributed by atoms with E-state index >= 15 is 0 Å². The minimum Gasteiger partial charge on any atom is -0.508 e. The van der Waals surface area contributed by atoms with Gasteiger partial charge in [-0.2, -0.15) is 0 Å². The highest BCUT2D eigenvalue weighted by molar-refractivity contribution is 5.94. The van der Waals surface area contributed by atoms with E-state index in [0.717, 1.165) is 5.56 Å². The summed E-state index contributed by atoms with van der Waals surface area (Å²) in [6.07, 6.45) is 2.84. The second-order valence-corrected chi connectivity index (χ2v) is 5.54. The Morgan fingerprint density at radius 3 is 2.38 bits per heavy atom. The summed E-state index contributed by atoms with van der Waals surface area (Å²) in [5.41, 5.74) is 1.24. The first kappa shape index (κ1) is 18.9. The van der Waals surface area contributed by atoms with Gasteiger partial charge in [0.15, 0.2) is 11.5 Å². The largest absolute Gasteiger partial charge is 0.508 e. The number of aromatic hydroxyl groups is 3. The Morgan fingerprint density at radius 2 is 1.77 bits per heavy atom. The molecule has 0 saturated carbocycles. The first-order valence-corrected chi connectivity index (χ1v) is 7.75. The molecule has 0 aliphatic carbocycles. The van der Waals surface area contributed by atoms with Crippen LogP contribution in [0.3, 0.4) is 0 Å². The van der Waals surface area contributed by atoms with Crippen LogP contribution in [0.25, 0.3) is 6.08 Å². The van der Waals surface area contributed by atoms with E-state index in [-0.39, 0.29) is 23.7 Å². The molecule has 0 bridgehead atoms. The van der Waals surface area contributed by atoms with E-state index in [4.69, 9.17) is 4.74 Å². The zero-order valence-corrected chi connectivity index (χ0v) is 14.0. The molecule has 1 amide bonds. The zero-order chi connectivity index (χ0) is 19.1. The third-order valence-electron chi connectivity index (χ3n) is 3.60. The van der Waals surface area contributed by atoms with Crippen molar-refractivity contribution in [3.8, 4) is 17.2 Å². The van der Waals surface area contributed by atoms with E-state index < -0.39 is 17.9 Å². The maximum atomic E-state index is 12.1. The lowest BCUT2D eigenvalue weighted by molar-refractivity contribution is -0.144. The fourth-order valence-electron chi connectivity index (χ4n) is 2.24. The Bertz CT molecular complexity index is 813. The van der Waals surface area contributed by atoms with Crippen LogP contribution in [0.5, 0.6) is 17.2 Å². The van der Waals surface area contributed by atoms with Gasteiger partial charge in [0, 0.05) is 12.5 Å². The molecule has 2 aromatic rings. The summed E-state index contributed by atoms with van der Waals surface area (Å²) in [5, 5.41) is 30.6. The van der Waals surface area contributed by atoms with E-state index in [9.17, 15) is 24.9 Å². The Hall–Kier alpha value is -3.48. The van der Waals surface area contributed by atoms with Crippen LogP contribution < -0.4 is 5.32 Å². The molecule has 0 aromatic heterocycles. The van der Waals surface area contributed by atoms with Gasteiger partial charge < -0.3 is 25.4 Å². The molecule has 0 unspecified atom stereocenters. The molecule has 4 N–H and O–H groups in total. The number of phenolic OH excluding ortho intramolecular Hbond substituents is 3. The molecule has 2 rings (SSSR count). The van der Waals surface area contributed by atoms with Gasteiger partial charge >= 0.3 is 5.97 Å². The summed E-state index contributed by atoms with van der Waals surface area (Å²) in [6.45, 7) is 0. The molecule has 0 fully saturated rings. The van der Waals surface area contributed by atoms with Crippen LogP contribution in [-0.4, -0.2) is 40.3 Å². The Morgan fingerprint density at radius 1 is 1.08 bits per heavy atom. The maximum Gasteiger partial charge on any atom is 0.328 e. The van der Waals surface area contributed by atoms with Crippen LogP contribution in [0, 0.1) is 0 Å². The zero-order valence-electron chi connectivity index (χ0n) is 14.0. The van der Waals surface area contributed by atoms with Crippen molar-refractivity contribution in [2.45, 2.75) is 12.5 Å². The highest BCUT2D eigenvalue weighted by atomic mass is 16.5. The highest BCUT2D eigenvalue weighted by Gasteiger charge is 2.21. The lowest BCUT2D eigenvalue weighted by Crippen LogP contribution is -2.42. The van der Waals surface area contributed by atoms with Crippen LogP contribution in [0.2, 0.25) is 0 Å². The quantitative estimate of drug-likeness (QED) is 0.355. The molecule has 0 aliphatic heterocycles. The van der Waals surface area contributed by atoms with Crippen molar-refractivity contribution < 1.29 is 29.6 Å². The number of nitrogens with one attached hydrogen (secondary N) is 1. The molecular weight excluding hydrogens is 338 g/mol. The Balaban J connectivity index is 2.05. The van der Waals surface area contributed by atoms with Crippen molar-refractivity contribution in [3.05, 3.63) is 59.7 Å². The fourth-order valence-corrected chi connectivity index (χ4v) is 2.24. The maximum absolute atomic E-state index is 12.1. The number of ether oxygens (including phenoxy) is 1. The monoisotopic (exact) mass is 357 g/mol. The molecule has 0 spiro atoms. The summed E-state index contributed by atoms with van der Waals surface area (Å²) in [7, 11) is 1.23. The second kappa shape index (κ2) is 8.57. The number of phenols is 3. The van der Waals surface area contributed by atoms with Gasteiger partial charge in [0.1, 0.15) is 11.8 Å². The molecule has 0 heterocycles. The normalized spacial score (nSPS) is 11.9. The fraction of sp³-hybridized carbons (Fsp3) is 0.158. The average Bonchev–Trinajstić information content (AvgIpc) is 2.63. The average molecular weight is 357 g/mol. The minimum absolute atomic E-state index is 0.104. The van der Waals surface area contributed by atoms with Crippen molar-refractivity contribution in [1.82, 2.24) is 5.32 Å². The Kier molecular flexibility index (Phi) is 6.21. The summed E-state index contributed by atoms with van der Waals surface area (Å²) < 4.78 is 4.71. The second-order valence-electron chi connectivity index (χ2n) is 5.54. The molecule has 1 atom stereocenters. The van der Waals surface area contributed by atoms with E-state index in [2.05, 4.69) is 5.32 Å². The first-order valence-electron chi connectivity index (χ1n) is 7.75. The van der Waals surface area contributed by atoms with Crippen molar-refractivity contribution in [2.75, 3.05) is 7.11 Å². The molecule has 0 aliphatic rings. The molecule has 7 nitrogen and oxygen atoms in total. The number of hydrogen-bond donors (Lipinski definition) is 4. The SMILES string of the molecule is COC(=O)[C@@H](Cc1ccc(O)cc1)NC(=O)/C=C/c1ccc(O)c(O)c1. The van der Waals surface area contributed by atoms with Gasteiger partial charge in [-0.05, 0) is 41.5 Å². The van der Waals surface area contributed by atoms with Crippen LogP contribution in [0.1, 0.15) is 11.1 Å². The molecule has 0 saturated heterocycles. The van der Waals surface area contributed by atoms with Crippen LogP contribution in [-0.2, 0) is 20.7 Å². The highest BCUT2D eigenvalue weighted by Crippen LogP contribution is 2.25. The van der Waals surface area contributed by atoms with Crippen molar-refractivity contribution >= 4 is 18.0 Å². The van der Waals surface area contributed by atoms with Gasteiger partial charge in [-0.3, -0.25) is 4.79 Å². The van der Waals surface area contributed by atoms with Gasteiger partial charge in [0.25, 0.3) is 0 Å². The molecular formula is C19H19NO6. The van der Waals surface area contributed by atoms with E-state index in [1.54, 1.807) is 12.1 Å². The van der Waals surface area contributed by atoms with Gasteiger partial charge in [-0.1, -0.05) is 18.2 Å². The summed E-state index contributed by atoms with van der Waals surface area (Å²) >= 11 is 0. The number of amides is 1. The number of benzene rings is 2. The van der Waals surface area contributed by atoms with Crippen LogP contribution in [0.15, 0.2) is 48.5 Å². The van der Waals surface area contributed by atoms with E-state index in [0.29, 0.717) is 5.56 Å². The third kappa shape index (κ3) is 5.27. The lowest BCUT2D eigenvalue weighted by Gasteiger charge is -2.15. The summed E-state index contributed by atoms with van der Waals surface area (Å²) in [6, 6.07) is 9.50. The third-order valence-corrected chi connectivity index (χ3v) is 3.60. The number of esters is 1. The number of carbonyl (C=O) groups excluding carboxylic acids is 2. The van der Waals surface area contributed by atoms with Crippen LogP contribution in [0.4, 0.5) is 0 Å². The van der Waals surface area contributed by atoms with Crippen molar-refractivity contribution in [2.24, 2.45) is 0 Å². The molecule has 0 radical (unpaired) electrons. The summed E-state index contributed by atoms with van der Waals surface area (Å²) in [4.78, 5) is 24.0. The topological polar surface area (TPSA) is 116 Å². The number of carbonyl (C=O) groups is 2. The number of hydrogen-bond acceptors (Lipinski definition) is 6. The number of methoxy groups -OCH3 is 1. The van der Waals surface area contributed by atoms with Gasteiger partial charge in [-0.25, -0.2) is 4.79 Å². The summed E-state index contributed by atoms with van der Waals surface area (Å²) in [5.74, 6) is -1.57. The predicted octanol–water partition coefficient (Wildman–Crippen LogP) is 1.72. The first-order chi connectivity index (χ1) is 12.4. The van der Waals surface area contributed by atoms with Crippen molar-refractivity contribution in [3.63, 3.8) is 0 Å². The molecule has 26 heavy (non-hydrogen) atoms. The van der Waals surface area contributed by atoms with Gasteiger partial charge in [-0.15, -0.1) is 0 Å². The minimum atomic E-state index is -0.894. The van der Waals surface area contributed by atoms with Crippen molar-refractivity contribution in [1.29, 1.82) is 0 Å². The number of rotatable bonds is 6. The smallest absolute Gasteiger partial charge is 0.328 e. The van der Waals surface area contributed by atoms with Gasteiger partial charge in [0.2, 0.25) is 5.91 Å². The van der Waals surface area contributed by atoms with Crippen LogP contribution >= 0.6 is 0 Å². The lowest BCUT2D eigenvalue weighted by atomic mass is 10.1. The molecule has 2 aromatic carbocycles.